The maximum atomic E-state index is 12.1. The quantitative estimate of drug-likeness (QED) is 0.852. The van der Waals surface area contributed by atoms with Crippen molar-refractivity contribution in [2.45, 2.75) is 32.2 Å². The third-order valence-electron chi connectivity index (χ3n) is 4.16. The van der Waals surface area contributed by atoms with Crippen molar-refractivity contribution in [1.29, 1.82) is 0 Å². The van der Waals surface area contributed by atoms with Gasteiger partial charge < -0.3 is 0 Å². The third kappa shape index (κ3) is 3.28. The van der Waals surface area contributed by atoms with Crippen LogP contribution in [0.1, 0.15) is 36.8 Å². The van der Waals surface area contributed by atoms with E-state index in [1.807, 2.05) is 26.1 Å². The van der Waals surface area contributed by atoms with Gasteiger partial charge in [-0.2, -0.15) is 9.40 Å². The highest BCUT2D eigenvalue weighted by atomic mass is 32.2. The molecule has 1 aliphatic rings. The minimum atomic E-state index is -3.26. The zero-order valence-corrected chi connectivity index (χ0v) is 14.4. The van der Waals surface area contributed by atoms with Gasteiger partial charge >= 0.3 is 0 Å². The smallest absolute Gasteiger partial charge is 0.211 e. The second kappa shape index (κ2) is 6.01. The third-order valence-corrected chi connectivity index (χ3v) is 5.45. The average molecular weight is 335 g/mol. The summed E-state index contributed by atoms with van der Waals surface area (Å²) < 4.78 is 27.5. The van der Waals surface area contributed by atoms with Crippen LogP contribution in [0, 0.1) is 6.92 Å². The van der Waals surface area contributed by atoms with Gasteiger partial charge in [0.2, 0.25) is 10.0 Å². The maximum Gasteiger partial charge on any atom is 0.211 e. The van der Waals surface area contributed by atoms with Gasteiger partial charge in [-0.05, 0) is 31.9 Å². The lowest BCUT2D eigenvalue weighted by molar-refractivity contribution is 0.252. The van der Waals surface area contributed by atoms with E-state index in [2.05, 4.69) is 15.1 Å². The summed E-state index contributed by atoms with van der Waals surface area (Å²) in [6.45, 7) is 2.38. The van der Waals surface area contributed by atoms with Crippen molar-refractivity contribution in [3.05, 3.63) is 29.8 Å². The Labute approximate surface area is 136 Å². The van der Waals surface area contributed by atoms with Gasteiger partial charge in [-0.1, -0.05) is 6.42 Å². The summed E-state index contributed by atoms with van der Waals surface area (Å²) >= 11 is 0. The first kappa shape index (κ1) is 16.1. The van der Waals surface area contributed by atoms with Crippen LogP contribution in [-0.4, -0.2) is 45.3 Å². The van der Waals surface area contributed by atoms with Crippen molar-refractivity contribution in [3.63, 3.8) is 0 Å². The highest BCUT2D eigenvalue weighted by molar-refractivity contribution is 7.88. The Morgan fingerprint density at radius 1 is 1.26 bits per heavy atom. The van der Waals surface area contributed by atoms with Crippen molar-refractivity contribution in [3.8, 4) is 11.4 Å². The molecule has 1 unspecified atom stereocenters. The van der Waals surface area contributed by atoms with Crippen LogP contribution in [0.4, 0.5) is 0 Å². The highest BCUT2D eigenvalue weighted by Gasteiger charge is 2.32. The highest BCUT2D eigenvalue weighted by Crippen LogP contribution is 2.33. The summed E-state index contributed by atoms with van der Waals surface area (Å²) in [6.07, 6.45) is 5.66. The van der Waals surface area contributed by atoms with E-state index in [1.54, 1.807) is 15.2 Å². The summed E-state index contributed by atoms with van der Waals surface area (Å²) in [5, 5.41) is 4.17. The Kier molecular flexibility index (Phi) is 4.20. The molecule has 0 aromatic carbocycles. The molecule has 3 rings (SSSR count). The number of rotatable bonds is 3. The van der Waals surface area contributed by atoms with Gasteiger partial charge in [0.05, 0.1) is 29.4 Å². The Bertz CT molecular complexity index is 815. The average Bonchev–Trinajstić information content (AvgIpc) is 2.92. The van der Waals surface area contributed by atoms with Gasteiger partial charge in [0.15, 0.2) is 0 Å². The summed E-state index contributed by atoms with van der Waals surface area (Å²) in [5.41, 5.74) is 2.42. The number of aryl methyl sites for hydroxylation is 2. The van der Waals surface area contributed by atoms with E-state index in [1.165, 1.54) is 6.26 Å². The van der Waals surface area contributed by atoms with Crippen LogP contribution in [0.3, 0.4) is 0 Å². The normalized spacial score (nSPS) is 19.9. The standard InChI is InChI=1S/C15H21N5O2S/c1-11-17-12(14-7-8-16-19(14)2)10-13(18-11)15-6-4-5-9-20(15)23(3,21)22/h7-8,10,15H,4-6,9H2,1-3H3. The van der Waals surface area contributed by atoms with Crippen molar-refractivity contribution in [2.75, 3.05) is 12.8 Å². The molecule has 2 aromatic heterocycles. The van der Waals surface area contributed by atoms with Crippen molar-refractivity contribution in [2.24, 2.45) is 7.05 Å². The molecule has 3 heterocycles. The zero-order chi connectivity index (χ0) is 16.6. The van der Waals surface area contributed by atoms with Gasteiger partial charge in [0, 0.05) is 19.8 Å². The Morgan fingerprint density at radius 3 is 2.70 bits per heavy atom. The van der Waals surface area contributed by atoms with Gasteiger partial charge in [0.25, 0.3) is 0 Å². The molecule has 23 heavy (non-hydrogen) atoms. The van der Waals surface area contributed by atoms with Crippen LogP contribution in [0.2, 0.25) is 0 Å². The van der Waals surface area contributed by atoms with Crippen LogP contribution in [0.5, 0.6) is 0 Å². The number of aromatic nitrogens is 4. The number of nitrogens with zero attached hydrogens (tertiary/aromatic N) is 5. The van der Waals surface area contributed by atoms with E-state index in [-0.39, 0.29) is 6.04 Å². The van der Waals surface area contributed by atoms with Crippen LogP contribution in [0.15, 0.2) is 18.3 Å². The second-order valence-corrected chi connectivity index (χ2v) is 7.89. The number of piperidine rings is 1. The van der Waals surface area contributed by atoms with E-state index in [0.717, 1.165) is 36.3 Å². The fourth-order valence-electron chi connectivity index (χ4n) is 3.12. The molecule has 0 spiro atoms. The lowest BCUT2D eigenvalue weighted by Gasteiger charge is -2.33. The molecule has 2 aromatic rings. The molecule has 0 N–H and O–H groups in total. The lowest BCUT2D eigenvalue weighted by Crippen LogP contribution is -2.38. The first-order chi connectivity index (χ1) is 10.9. The predicted molar refractivity (Wildman–Crippen MR) is 87.1 cm³/mol. The Hall–Kier alpha value is -1.80. The first-order valence-electron chi connectivity index (χ1n) is 7.67. The minimum Gasteiger partial charge on any atom is -0.266 e. The van der Waals surface area contributed by atoms with E-state index in [4.69, 9.17) is 0 Å². The number of sulfonamides is 1. The van der Waals surface area contributed by atoms with Crippen molar-refractivity contribution in [1.82, 2.24) is 24.1 Å². The Morgan fingerprint density at radius 2 is 2.04 bits per heavy atom. The van der Waals surface area contributed by atoms with E-state index >= 15 is 0 Å². The van der Waals surface area contributed by atoms with Gasteiger partial charge in [0.1, 0.15) is 5.82 Å². The molecule has 0 saturated carbocycles. The number of hydrogen-bond donors (Lipinski definition) is 0. The molecule has 1 saturated heterocycles. The van der Waals surface area contributed by atoms with Crippen molar-refractivity contribution < 1.29 is 8.42 Å². The molecule has 1 aliphatic heterocycles. The number of hydrogen-bond acceptors (Lipinski definition) is 5. The van der Waals surface area contributed by atoms with Crippen LogP contribution >= 0.6 is 0 Å². The monoisotopic (exact) mass is 335 g/mol. The van der Waals surface area contributed by atoms with Crippen LogP contribution in [0.25, 0.3) is 11.4 Å². The maximum absolute atomic E-state index is 12.1. The van der Waals surface area contributed by atoms with Gasteiger partial charge in [-0.3, -0.25) is 4.68 Å². The molecule has 0 radical (unpaired) electrons. The molecular formula is C15H21N5O2S. The topological polar surface area (TPSA) is 81.0 Å². The molecule has 0 bridgehead atoms. The zero-order valence-electron chi connectivity index (χ0n) is 13.6. The van der Waals surface area contributed by atoms with Crippen molar-refractivity contribution >= 4 is 10.0 Å². The Balaban J connectivity index is 2.05. The molecule has 1 fully saturated rings. The molecule has 1 atom stereocenters. The first-order valence-corrected chi connectivity index (χ1v) is 9.52. The summed E-state index contributed by atoms with van der Waals surface area (Å²) in [4.78, 5) is 8.99. The predicted octanol–water partition coefficient (Wildman–Crippen LogP) is 1.67. The fraction of sp³-hybridized carbons (Fsp3) is 0.533. The lowest BCUT2D eigenvalue weighted by atomic mass is 10.0. The van der Waals surface area contributed by atoms with E-state index in [9.17, 15) is 8.42 Å². The summed E-state index contributed by atoms with van der Waals surface area (Å²) in [5.74, 6) is 0.637. The minimum absolute atomic E-state index is 0.215. The molecule has 8 heteroatoms. The summed E-state index contributed by atoms with van der Waals surface area (Å²) in [6, 6.07) is 3.56. The summed E-state index contributed by atoms with van der Waals surface area (Å²) in [7, 11) is -1.40. The van der Waals surface area contributed by atoms with E-state index < -0.39 is 10.0 Å². The molecule has 124 valence electrons. The van der Waals surface area contributed by atoms with E-state index in [0.29, 0.717) is 12.4 Å². The molecular weight excluding hydrogens is 314 g/mol. The second-order valence-electron chi connectivity index (χ2n) is 5.95. The molecule has 0 amide bonds. The van der Waals surface area contributed by atoms with Gasteiger partial charge in [-0.15, -0.1) is 0 Å². The van der Waals surface area contributed by atoms with Gasteiger partial charge in [-0.25, -0.2) is 18.4 Å². The largest absolute Gasteiger partial charge is 0.266 e. The van der Waals surface area contributed by atoms with Crippen LogP contribution < -0.4 is 0 Å². The van der Waals surface area contributed by atoms with Crippen LogP contribution in [-0.2, 0) is 17.1 Å². The fourth-order valence-corrected chi connectivity index (χ4v) is 4.25. The molecule has 0 aliphatic carbocycles. The SMILES string of the molecule is Cc1nc(-c2ccnn2C)cc(C2CCCCN2S(C)(=O)=O)n1. The molecule has 7 nitrogen and oxygen atoms in total.